The highest BCUT2D eigenvalue weighted by molar-refractivity contribution is 7.89. The third-order valence-electron chi connectivity index (χ3n) is 3.94. The van der Waals surface area contributed by atoms with Gasteiger partial charge in [0.2, 0.25) is 0 Å². The number of carbonyl (C=O) groups excluding carboxylic acids is 1. The Labute approximate surface area is 153 Å². The van der Waals surface area contributed by atoms with Crippen LogP contribution in [0.4, 0.5) is 4.79 Å². The van der Waals surface area contributed by atoms with Crippen molar-refractivity contribution in [3.63, 3.8) is 0 Å². The van der Waals surface area contributed by atoms with Gasteiger partial charge >= 0.3 is 6.09 Å². The van der Waals surface area contributed by atoms with Gasteiger partial charge in [-0.3, -0.25) is 4.21 Å². The molecule has 138 valence electrons. The van der Waals surface area contributed by atoms with Gasteiger partial charge in [-0.1, -0.05) is 36.4 Å². The zero-order valence-electron chi connectivity index (χ0n) is 15.4. The molecule has 1 aromatic rings. The first kappa shape index (κ1) is 19.7. The average Bonchev–Trinajstić information content (AvgIpc) is 2.54. The van der Waals surface area contributed by atoms with Crippen molar-refractivity contribution >= 4 is 16.9 Å². The molecule has 0 heterocycles. The molecular weight excluding hydrogens is 334 g/mol. The molecule has 1 amide bonds. The Morgan fingerprint density at radius 1 is 1.24 bits per heavy atom. The number of hydrogen-bond acceptors (Lipinski definition) is 3. The molecule has 1 N–H and O–H groups in total. The third kappa shape index (κ3) is 7.43. The van der Waals surface area contributed by atoms with E-state index in [1.165, 1.54) is 6.42 Å². The number of amides is 1. The fraction of sp³-hybridized carbons (Fsp3) is 0.550. The van der Waals surface area contributed by atoms with E-state index in [9.17, 15) is 9.00 Å². The van der Waals surface area contributed by atoms with E-state index in [1.807, 2.05) is 51.1 Å². The molecule has 25 heavy (non-hydrogen) atoms. The fourth-order valence-electron chi connectivity index (χ4n) is 2.83. The van der Waals surface area contributed by atoms with Crippen LogP contribution in [-0.2, 0) is 22.0 Å². The van der Waals surface area contributed by atoms with Crippen LogP contribution in [0.2, 0.25) is 0 Å². The van der Waals surface area contributed by atoms with Gasteiger partial charge in [-0.2, -0.15) is 0 Å². The van der Waals surface area contributed by atoms with E-state index < -0.39 is 22.5 Å². The first-order valence-corrected chi connectivity index (χ1v) is 10.3. The second-order valence-electron chi connectivity index (χ2n) is 7.46. The number of benzene rings is 1. The second kappa shape index (κ2) is 9.18. The average molecular weight is 364 g/mol. The van der Waals surface area contributed by atoms with Crippen LogP contribution < -0.4 is 5.32 Å². The van der Waals surface area contributed by atoms with E-state index in [4.69, 9.17) is 4.74 Å². The standard InChI is InChI=1S/C20H29NO3S/c1-20(2,3)24-19(22)21-17(14-16-10-6-4-7-11-16)15-25(23)18-12-8-5-9-13-18/h4,6-7,10-12,17H,5,8-9,13-15H2,1-3H3,(H,21,22). The van der Waals surface area contributed by atoms with Gasteiger partial charge in [0.1, 0.15) is 5.60 Å². The largest absolute Gasteiger partial charge is 0.444 e. The van der Waals surface area contributed by atoms with Crippen molar-refractivity contribution in [3.05, 3.63) is 46.9 Å². The second-order valence-corrected chi connectivity index (χ2v) is 9.01. The van der Waals surface area contributed by atoms with Crippen LogP contribution >= 0.6 is 0 Å². The molecule has 1 aromatic carbocycles. The highest BCUT2D eigenvalue weighted by Crippen LogP contribution is 2.21. The Bertz CT molecular complexity index is 620. The molecule has 0 radical (unpaired) electrons. The minimum Gasteiger partial charge on any atom is -0.444 e. The van der Waals surface area contributed by atoms with Gasteiger partial charge in [0.05, 0.1) is 10.8 Å². The van der Waals surface area contributed by atoms with Crippen LogP contribution in [0.15, 0.2) is 41.3 Å². The molecule has 0 spiro atoms. The van der Waals surface area contributed by atoms with Crippen LogP contribution in [-0.4, -0.2) is 27.7 Å². The lowest BCUT2D eigenvalue weighted by atomic mass is 10.1. The molecule has 0 fully saturated rings. The molecule has 0 saturated heterocycles. The number of hydrogen-bond donors (Lipinski definition) is 1. The third-order valence-corrected chi connectivity index (χ3v) is 5.60. The van der Waals surface area contributed by atoms with Gasteiger partial charge in [-0.15, -0.1) is 0 Å². The lowest BCUT2D eigenvalue weighted by Gasteiger charge is -2.24. The Balaban J connectivity index is 2.04. The Morgan fingerprint density at radius 2 is 1.96 bits per heavy atom. The first-order valence-electron chi connectivity index (χ1n) is 8.94. The lowest BCUT2D eigenvalue weighted by molar-refractivity contribution is 0.0509. The van der Waals surface area contributed by atoms with Crippen molar-refractivity contribution in [2.24, 2.45) is 0 Å². The molecule has 1 aliphatic rings. The molecule has 0 aromatic heterocycles. The summed E-state index contributed by atoms with van der Waals surface area (Å²) in [6.07, 6.45) is 6.46. The SMILES string of the molecule is CC(C)(C)OC(=O)NC(Cc1ccccc1)CS(=O)C1=CCCCC1. The van der Waals surface area contributed by atoms with Gasteiger partial charge in [0, 0.05) is 16.7 Å². The quantitative estimate of drug-likeness (QED) is 0.818. The molecule has 0 bridgehead atoms. The van der Waals surface area contributed by atoms with Gasteiger partial charge in [-0.05, 0) is 58.4 Å². The zero-order valence-corrected chi connectivity index (χ0v) is 16.2. The monoisotopic (exact) mass is 363 g/mol. The normalized spacial score (nSPS) is 17.3. The number of carbonyl (C=O) groups is 1. The molecule has 2 unspecified atom stereocenters. The highest BCUT2D eigenvalue weighted by atomic mass is 32.2. The molecular formula is C20H29NO3S. The van der Waals surface area contributed by atoms with Crippen LogP contribution in [0.25, 0.3) is 0 Å². The van der Waals surface area contributed by atoms with Crippen molar-refractivity contribution in [2.45, 2.75) is 64.5 Å². The van der Waals surface area contributed by atoms with Gasteiger partial charge in [0.15, 0.2) is 0 Å². The zero-order chi connectivity index (χ0) is 18.3. The lowest BCUT2D eigenvalue weighted by Crippen LogP contribution is -2.43. The van der Waals surface area contributed by atoms with Crippen LogP contribution in [0.3, 0.4) is 0 Å². The van der Waals surface area contributed by atoms with E-state index in [1.54, 1.807) is 0 Å². The summed E-state index contributed by atoms with van der Waals surface area (Å²) in [5, 5.41) is 2.91. The first-order chi connectivity index (χ1) is 11.8. The Morgan fingerprint density at radius 3 is 2.56 bits per heavy atom. The van der Waals surface area contributed by atoms with Crippen molar-refractivity contribution in [3.8, 4) is 0 Å². The minimum atomic E-state index is -1.06. The molecule has 4 nitrogen and oxygen atoms in total. The maximum absolute atomic E-state index is 12.7. The van der Waals surface area contributed by atoms with E-state index in [-0.39, 0.29) is 6.04 Å². The van der Waals surface area contributed by atoms with Gasteiger partial charge in [-0.25, -0.2) is 4.79 Å². The van der Waals surface area contributed by atoms with E-state index >= 15 is 0 Å². The number of rotatable bonds is 6. The summed E-state index contributed by atoms with van der Waals surface area (Å²) < 4.78 is 18.1. The summed E-state index contributed by atoms with van der Waals surface area (Å²) >= 11 is 0. The summed E-state index contributed by atoms with van der Waals surface area (Å²) in [5.41, 5.74) is 0.560. The molecule has 2 rings (SSSR count). The summed E-state index contributed by atoms with van der Waals surface area (Å²) in [7, 11) is -1.06. The molecule has 0 saturated carbocycles. The predicted molar refractivity (Wildman–Crippen MR) is 103 cm³/mol. The predicted octanol–water partition coefficient (Wildman–Crippen LogP) is 4.33. The topological polar surface area (TPSA) is 55.4 Å². The fourth-order valence-corrected chi connectivity index (χ4v) is 4.29. The van der Waals surface area contributed by atoms with Gasteiger partial charge < -0.3 is 10.1 Å². The summed E-state index contributed by atoms with van der Waals surface area (Å²) in [6, 6.07) is 9.73. The summed E-state index contributed by atoms with van der Waals surface area (Å²) in [4.78, 5) is 13.2. The van der Waals surface area contributed by atoms with E-state index in [0.717, 1.165) is 29.7 Å². The maximum atomic E-state index is 12.7. The van der Waals surface area contributed by atoms with Crippen LogP contribution in [0.1, 0.15) is 52.0 Å². The minimum absolute atomic E-state index is 0.221. The Hall–Kier alpha value is -1.62. The number of allylic oxidation sites excluding steroid dienone is 2. The molecule has 2 atom stereocenters. The smallest absolute Gasteiger partial charge is 0.407 e. The Kier molecular flexibility index (Phi) is 7.24. The van der Waals surface area contributed by atoms with E-state index in [2.05, 4.69) is 11.4 Å². The summed E-state index contributed by atoms with van der Waals surface area (Å²) in [5.74, 6) is 0.417. The van der Waals surface area contributed by atoms with Crippen molar-refractivity contribution < 1.29 is 13.7 Å². The molecule has 1 aliphatic carbocycles. The van der Waals surface area contributed by atoms with Gasteiger partial charge in [0.25, 0.3) is 0 Å². The van der Waals surface area contributed by atoms with Crippen molar-refractivity contribution in [2.75, 3.05) is 5.75 Å². The summed E-state index contributed by atoms with van der Waals surface area (Å²) in [6.45, 7) is 5.51. The van der Waals surface area contributed by atoms with Crippen LogP contribution in [0, 0.1) is 0 Å². The van der Waals surface area contributed by atoms with Crippen molar-refractivity contribution in [1.82, 2.24) is 5.32 Å². The highest BCUT2D eigenvalue weighted by Gasteiger charge is 2.22. The number of ether oxygens (including phenoxy) is 1. The van der Waals surface area contributed by atoms with Crippen molar-refractivity contribution in [1.29, 1.82) is 0 Å². The maximum Gasteiger partial charge on any atom is 0.407 e. The number of nitrogens with one attached hydrogen (secondary N) is 1. The molecule has 0 aliphatic heterocycles. The van der Waals surface area contributed by atoms with E-state index in [0.29, 0.717) is 12.2 Å². The molecule has 5 heteroatoms. The number of alkyl carbamates (subject to hydrolysis) is 1. The van der Waals surface area contributed by atoms with Crippen LogP contribution in [0.5, 0.6) is 0 Å².